The zero-order chi connectivity index (χ0) is 11.7. The standard InChI is InChI=1S/C9H11N5O2/c1-13(4-7(15)16)8-6-3-12-14(2)9(6)11-5-10-8/h3,5H,4H2,1-2H3,(H,15,16). The molecule has 16 heavy (non-hydrogen) atoms. The molecule has 0 aromatic carbocycles. The third kappa shape index (κ3) is 1.67. The molecule has 2 aromatic heterocycles. The number of rotatable bonds is 3. The van der Waals surface area contributed by atoms with E-state index in [1.54, 1.807) is 29.9 Å². The molecule has 0 fully saturated rings. The first kappa shape index (κ1) is 10.3. The predicted octanol–water partition coefficient (Wildman–Crippen LogP) is -0.116. The van der Waals surface area contributed by atoms with E-state index in [4.69, 9.17) is 5.11 Å². The fourth-order valence-corrected chi connectivity index (χ4v) is 1.53. The van der Waals surface area contributed by atoms with Crippen molar-refractivity contribution < 1.29 is 9.90 Å². The van der Waals surface area contributed by atoms with E-state index in [0.717, 1.165) is 5.39 Å². The van der Waals surface area contributed by atoms with Gasteiger partial charge in [-0.2, -0.15) is 5.10 Å². The van der Waals surface area contributed by atoms with E-state index in [2.05, 4.69) is 15.1 Å². The van der Waals surface area contributed by atoms with Crippen molar-refractivity contribution in [3.8, 4) is 0 Å². The molecule has 0 unspecified atom stereocenters. The summed E-state index contributed by atoms with van der Waals surface area (Å²) in [5.41, 5.74) is 0.683. The highest BCUT2D eigenvalue weighted by molar-refractivity contribution is 5.88. The molecule has 0 aliphatic heterocycles. The van der Waals surface area contributed by atoms with Crippen LogP contribution in [0.5, 0.6) is 0 Å². The van der Waals surface area contributed by atoms with E-state index in [1.807, 2.05) is 0 Å². The Morgan fingerprint density at radius 2 is 2.31 bits per heavy atom. The van der Waals surface area contributed by atoms with Gasteiger partial charge in [0, 0.05) is 14.1 Å². The molecule has 0 saturated heterocycles. The van der Waals surface area contributed by atoms with Crippen molar-refractivity contribution in [3.63, 3.8) is 0 Å². The zero-order valence-corrected chi connectivity index (χ0v) is 8.95. The van der Waals surface area contributed by atoms with Crippen LogP contribution in [0, 0.1) is 0 Å². The fraction of sp³-hybridized carbons (Fsp3) is 0.333. The van der Waals surface area contributed by atoms with Gasteiger partial charge in [-0.05, 0) is 0 Å². The summed E-state index contributed by atoms with van der Waals surface area (Å²) in [4.78, 5) is 20.3. The van der Waals surface area contributed by atoms with Gasteiger partial charge < -0.3 is 10.0 Å². The summed E-state index contributed by atoms with van der Waals surface area (Å²) in [6.07, 6.45) is 3.03. The molecule has 1 N–H and O–H groups in total. The van der Waals surface area contributed by atoms with Crippen molar-refractivity contribution in [3.05, 3.63) is 12.5 Å². The fourth-order valence-electron chi connectivity index (χ4n) is 1.53. The van der Waals surface area contributed by atoms with E-state index < -0.39 is 5.97 Å². The van der Waals surface area contributed by atoms with Gasteiger partial charge in [-0.15, -0.1) is 0 Å². The highest BCUT2D eigenvalue weighted by Gasteiger charge is 2.13. The Morgan fingerprint density at radius 1 is 1.56 bits per heavy atom. The Hall–Kier alpha value is -2.18. The van der Waals surface area contributed by atoms with Crippen LogP contribution in [-0.2, 0) is 11.8 Å². The van der Waals surface area contributed by atoms with E-state index >= 15 is 0 Å². The Labute approximate surface area is 91.3 Å². The Kier molecular flexibility index (Phi) is 2.43. The molecular weight excluding hydrogens is 210 g/mol. The lowest BCUT2D eigenvalue weighted by atomic mass is 10.3. The number of aryl methyl sites for hydroxylation is 1. The van der Waals surface area contributed by atoms with Crippen molar-refractivity contribution in [2.45, 2.75) is 0 Å². The molecule has 0 aliphatic carbocycles. The molecule has 0 radical (unpaired) electrons. The third-order valence-electron chi connectivity index (χ3n) is 2.24. The van der Waals surface area contributed by atoms with Gasteiger partial charge in [0.15, 0.2) is 5.65 Å². The van der Waals surface area contributed by atoms with Crippen molar-refractivity contribution in [1.29, 1.82) is 0 Å². The van der Waals surface area contributed by atoms with E-state index in [1.165, 1.54) is 6.33 Å². The number of likely N-dealkylation sites (N-methyl/N-ethyl adjacent to an activating group) is 1. The maximum Gasteiger partial charge on any atom is 0.323 e. The van der Waals surface area contributed by atoms with E-state index in [0.29, 0.717) is 11.5 Å². The van der Waals surface area contributed by atoms with Gasteiger partial charge in [0.2, 0.25) is 0 Å². The molecule has 0 saturated carbocycles. The maximum atomic E-state index is 10.6. The molecule has 84 valence electrons. The molecule has 0 atom stereocenters. The average molecular weight is 221 g/mol. The first-order valence-corrected chi connectivity index (χ1v) is 4.65. The number of carbonyl (C=O) groups is 1. The summed E-state index contributed by atoms with van der Waals surface area (Å²) < 4.78 is 1.62. The number of hydrogen-bond donors (Lipinski definition) is 1. The van der Waals surface area contributed by atoms with Crippen LogP contribution in [0.15, 0.2) is 12.5 Å². The van der Waals surface area contributed by atoms with Crippen LogP contribution >= 0.6 is 0 Å². The second kappa shape index (κ2) is 3.76. The summed E-state index contributed by atoms with van der Waals surface area (Å²) >= 11 is 0. The number of anilines is 1. The summed E-state index contributed by atoms with van der Waals surface area (Å²) in [5.74, 6) is -0.335. The molecule has 0 bridgehead atoms. The van der Waals surface area contributed by atoms with E-state index in [-0.39, 0.29) is 6.54 Å². The molecule has 0 amide bonds. The van der Waals surface area contributed by atoms with Crippen molar-refractivity contribution >= 4 is 22.8 Å². The number of carboxylic acids is 1. The average Bonchev–Trinajstić information content (AvgIpc) is 2.59. The van der Waals surface area contributed by atoms with Crippen LogP contribution in [-0.4, -0.2) is 44.4 Å². The van der Waals surface area contributed by atoms with Crippen LogP contribution in [0.1, 0.15) is 0 Å². The molecular formula is C9H11N5O2. The topological polar surface area (TPSA) is 84.1 Å². The largest absolute Gasteiger partial charge is 0.480 e. The maximum absolute atomic E-state index is 10.6. The molecule has 7 nitrogen and oxygen atoms in total. The lowest BCUT2D eigenvalue weighted by Gasteiger charge is -2.15. The normalized spacial score (nSPS) is 10.6. The smallest absolute Gasteiger partial charge is 0.323 e. The Bertz CT molecular complexity index is 536. The minimum absolute atomic E-state index is 0.110. The molecule has 2 rings (SSSR count). The minimum atomic E-state index is -0.904. The summed E-state index contributed by atoms with van der Waals surface area (Å²) in [6.45, 7) is -0.110. The van der Waals surface area contributed by atoms with Gasteiger partial charge in [0.05, 0.1) is 11.6 Å². The SMILES string of the molecule is CN(CC(=O)O)c1ncnc2c1cnn2C. The van der Waals surface area contributed by atoms with Crippen LogP contribution in [0.2, 0.25) is 0 Å². The Morgan fingerprint density at radius 3 is 3.00 bits per heavy atom. The number of hydrogen-bond acceptors (Lipinski definition) is 5. The molecule has 7 heteroatoms. The molecule has 0 spiro atoms. The summed E-state index contributed by atoms with van der Waals surface area (Å²) in [6, 6.07) is 0. The number of aromatic nitrogens is 4. The summed E-state index contributed by atoms with van der Waals surface area (Å²) in [5, 5.41) is 13.5. The van der Waals surface area contributed by atoms with E-state index in [9.17, 15) is 4.79 Å². The van der Waals surface area contributed by atoms with Gasteiger partial charge in [-0.3, -0.25) is 9.48 Å². The van der Waals surface area contributed by atoms with Crippen LogP contribution in [0.3, 0.4) is 0 Å². The van der Waals surface area contributed by atoms with Gasteiger partial charge in [-0.1, -0.05) is 0 Å². The lowest BCUT2D eigenvalue weighted by molar-refractivity contribution is -0.135. The van der Waals surface area contributed by atoms with Crippen molar-refractivity contribution in [1.82, 2.24) is 19.7 Å². The summed E-state index contributed by atoms with van der Waals surface area (Å²) in [7, 11) is 3.44. The van der Waals surface area contributed by atoms with Crippen molar-refractivity contribution in [2.75, 3.05) is 18.5 Å². The van der Waals surface area contributed by atoms with Gasteiger partial charge in [0.1, 0.15) is 18.7 Å². The first-order chi connectivity index (χ1) is 7.59. The highest BCUT2D eigenvalue weighted by atomic mass is 16.4. The third-order valence-corrected chi connectivity index (χ3v) is 2.24. The lowest BCUT2D eigenvalue weighted by Crippen LogP contribution is -2.26. The van der Waals surface area contributed by atoms with Crippen LogP contribution in [0.4, 0.5) is 5.82 Å². The number of aliphatic carboxylic acids is 1. The van der Waals surface area contributed by atoms with Gasteiger partial charge in [0.25, 0.3) is 0 Å². The van der Waals surface area contributed by atoms with Gasteiger partial charge in [-0.25, -0.2) is 9.97 Å². The zero-order valence-electron chi connectivity index (χ0n) is 8.95. The van der Waals surface area contributed by atoms with Gasteiger partial charge >= 0.3 is 5.97 Å². The number of carboxylic acid groups (broad SMARTS) is 1. The molecule has 2 aromatic rings. The monoisotopic (exact) mass is 221 g/mol. The highest BCUT2D eigenvalue weighted by Crippen LogP contribution is 2.20. The first-order valence-electron chi connectivity index (χ1n) is 4.65. The minimum Gasteiger partial charge on any atom is -0.480 e. The second-order valence-electron chi connectivity index (χ2n) is 3.45. The predicted molar refractivity (Wildman–Crippen MR) is 57.2 cm³/mol. The quantitative estimate of drug-likeness (QED) is 0.778. The van der Waals surface area contributed by atoms with Crippen LogP contribution in [0.25, 0.3) is 11.0 Å². The molecule has 2 heterocycles. The molecule has 0 aliphatic rings. The Balaban J connectivity index is 2.48. The number of fused-ring (bicyclic) bond motifs is 1. The number of nitrogens with zero attached hydrogens (tertiary/aromatic N) is 5. The second-order valence-corrected chi connectivity index (χ2v) is 3.45. The van der Waals surface area contributed by atoms with Crippen LogP contribution < -0.4 is 4.90 Å². The van der Waals surface area contributed by atoms with Crippen molar-refractivity contribution in [2.24, 2.45) is 7.05 Å².